The molecule has 0 saturated carbocycles. The highest BCUT2D eigenvalue weighted by atomic mass is 32.1. The van der Waals surface area contributed by atoms with E-state index in [1.165, 1.54) is 0 Å². The van der Waals surface area contributed by atoms with Crippen molar-refractivity contribution in [3.05, 3.63) is 22.4 Å². The first-order valence-electron chi connectivity index (χ1n) is 8.95. The minimum Gasteiger partial charge on any atom is -0.466 e. The van der Waals surface area contributed by atoms with Gasteiger partial charge in [0.15, 0.2) is 0 Å². The normalized spacial score (nSPS) is 15.1. The maximum absolute atomic E-state index is 12.6. The van der Waals surface area contributed by atoms with Crippen LogP contribution in [-0.4, -0.2) is 74.2 Å². The first-order valence-corrected chi connectivity index (χ1v) is 9.83. The van der Waals surface area contributed by atoms with E-state index in [0.29, 0.717) is 26.1 Å². The molecule has 2 rings (SSSR count). The lowest BCUT2D eigenvalue weighted by Gasteiger charge is -2.28. The van der Waals surface area contributed by atoms with E-state index in [2.05, 4.69) is 4.90 Å². The Kier molecular flexibility index (Phi) is 8.93. The van der Waals surface area contributed by atoms with Crippen LogP contribution in [0.5, 0.6) is 0 Å². The predicted molar refractivity (Wildman–Crippen MR) is 97.7 cm³/mol. The van der Waals surface area contributed by atoms with Crippen molar-refractivity contribution in [1.29, 1.82) is 0 Å². The summed E-state index contributed by atoms with van der Waals surface area (Å²) in [6, 6.07) is 3.93. The van der Waals surface area contributed by atoms with Crippen molar-refractivity contribution in [2.75, 3.05) is 52.5 Å². The molecule has 0 N–H and O–H groups in total. The fourth-order valence-electron chi connectivity index (χ4n) is 2.80. The summed E-state index contributed by atoms with van der Waals surface area (Å²) in [6.45, 7) is 7.67. The lowest BCUT2D eigenvalue weighted by molar-refractivity contribution is -0.144. The first-order chi connectivity index (χ1) is 12.2. The Morgan fingerprint density at radius 2 is 2.12 bits per heavy atom. The Morgan fingerprint density at radius 3 is 2.80 bits per heavy atom. The molecule has 1 aromatic rings. The fraction of sp³-hybridized carbons (Fsp3) is 0.667. The Balaban J connectivity index is 1.81. The van der Waals surface area contributed by atoms with Gasteiger partial charge in [0, 0.05) is 37.6 Å². The number of nitrogens with zero attached hydrogens (tertiary/aromatic N) is 2. The van der Waals surface area contributed by atoms with Crippen molar-refractivity contribution in [3.63, 3.8) is 0 Å². The summed E-state index contributed by atoms with van der Waals surface area (Å²) in [5.74, 6) is -0.168. The van der Waals surface area contributed by atoms with Crippen LogP contribution in [0.2, 0.25) is 0 Å². The number of carbonyl (C=O) groups is 2. The minimum atomic E-state index is -0.246. The number of hydrogen-bond donors (Lipinski definition) is 0. The largest absolute Gasteiger partial charge is 0.466 e. The second-order valence-corrected chi connectivity index (χ2v) is 7.03. The number of carbonyl (C=O) groups excluding carboxylic acids is 2. The van der Waals surface area contributed by atoms with E-state index in [1.54, 1.807) is 23.2 Å². The number of morpholine rings is 1. The number of esters is 1. The minimum absolute atomic E-state index is 0.0775. The Morgan fingerprint density at radius 1 is 1.32 bits per heavy atom. The van der Waals surface area contributed by atoms with Gasteiger partial charge in [-0.15, -0.1) is 11.3 Å². The average molecular weight is 368 g/mol. The number of rotatable bonds is 10. The summed E-state index contributed by atoms with van der Waals surface area (Å²) in [5, 5.41) is 1.98. The summed E-state index contributed by atoms with van der Waals surface area (Å²) < 4.78 is 10.3. The molecule has 2 heterocycles. The molecule has 1 aliphatic heterocycles. The molecular formula is C18H28N2O4S. The maximum atomic E-state index is 12.6. The third-order valence-corrected chi connectivity index (χ3v) is 5.03. The highest BCUT2D eigenvalue weighted by molar-refractivity contribution is 7.10. The molecule has 1 saturated heterocycles. The van der Waals surface area contributed by atoms with Crippen LogP contribution in [0.15, 0.2) is 17.5 Å². The third kappa shape index (κ3) is 7.54. The maximum Gasteiger partial charge on any atom is 0.307 e. The molecule has 140 valence electrons. The molecule has 25 heavy (non-hydrogen) atoms. The Bertz CT molecular complexity index is 515. The van der Waals surface area contributed by atoms with Gasteiger partial charge < -0.3 is 14.4 Å². The van der Waals surface area contributed by atoms with Crippen LogP contribution in [0.25, 0.3) is 0 Å². The average Bonchev–Trinajstić information content (AvgIpc) is 3.12. The summed E-state index contributed by atoms with van der Waals surface area (Å²) in [7, 11) is 0. The van der Waals surface area contributed by atoms with Gasteiger partial charge in [-0.2, -0.15) is 0 Å². The Labute approximate surface area is 153 Å². The van der Waals surface area contributed by atoms with Crippen LogP contribution in [0, 0.1) is 0 Å². The van der Waals surface area contributed by atoms with Crippen LogP contribution in [0.1, 0.15) is 24.6 Å². The van der Waals surface area contributed by atoms with E-state index in [-0.39, 0.29) is 18.3 Å². The zero-order valence-corrected chi connectivity index (χ0v) is 15.8. The smallest absolute Gasteiger partial charge is 0.307 e. The number of ether oxygens (including phenoxy) is 2. The monoisotopic (exact) mass is 368 g/mol. The molecule has 1 aliphatic rings. The first kappa shape index (κ1) is 19.9. The van der Waals surface area contributed by atoms with E-state index in [1.807, 2.05) is 17.5 Å². The van der Waals surface area contributed by atoms with E-state index in [4.69, 9.17) is 9.47 Å². The lowest BCUT2D eigenvalue weighted by atomic mass is 10.2. The molecule has 1 fully saturated rings. The molecule has 0 bridgehead atoms. The zero-order valence-electron chi connectivity index (χ0n) is 14.9. The molecule has 1 aromatic heterocycles. The fourth-order valence-corrected chi connectivity index (χ4v) is 3.50. The quantitative estimate of drug-likeness (QED) is 0.590. The van der Waals surface area contributed by atoms with Gasteiger partial charge in [-0.05, 0) is 24.8 Å². The topological polar surface area (TPSA) is 59.1 Å². The molecule has 0 spiro atoms. The molecule has 0 radical (unpaired) electrons. The van der Waals surface area contributed by atoms with Gasteiger partial charge >= 0.3 is 5.97 Å². The highest BCUT2D eigenvalue weighted by Gasteiger charge is 2.17. The molecule has 7 heteroatoms. The van der Waals surface area contributed by atoms with Gasteiger partial charge in [0.05, 0.1) is 32.7 Å². The van der Waals surface area contributed by atoms with Gasteiger partial charge in [-0.25, -0.2) is 0 Å². The number of thiophene rings is 1. The molecule has 0 atom stereocenters. The molecule has 0 aromatic carbocycles. The van der Waals surface area contributed by atoms with Crippen LogP contribution in [0.4, 0.5) is 0 Å². The van der Waals surface area contributed by atoms with Crippen molar-refractivity contribution in [1.82, 2.24) is 9.80 Å². The standard InChI is InChI=1S/C18H28N2O4S/c1-2-24-18(22)6-9-20(17(21)15-16-5-3-14-25-16)8-4-7-19-10-12-23-13-11-19/h3,5,14H,2,4,6-13,15H2,1H3. The van der Waals surface area contributed by atoms with Crippen molar-refractivity contribution in [2.24, 2.45) is 0 Å². The summed E-state index contributed by atoms with van der Waals surface area (Å²) >= 11 is 1.59. The predicted octanol–water partition coefficient (Wildman–Crippen LogP) is 1.79. The molecule has 0 unspecified atom stereocenters. The number of amides is 1. The van der Waals surface area contributed by atoms with Gasteiger partial charge in [0.25, 0.3) is 0 Å². The van der Waals surface area contributed by atoms with Crippen LogP contribution < -0.4 is 0 Å². The summed E-state index contributed by atoms with van der Waals surface area (Å²) in [6.07, 6.45) is 1.55. The molecule has 6 nitrogen and oxygen atoms in total. The second kappa shape index (κ2) is 11.2. The molecule has 0 aliphatic carbocycles. The van der Waals surface area contributed by atoms with Crippen molar-refractivity contribution in [2.45, 2.75) is 26.2 Å². The van der Waals surface area contributed by atoms with Crippen molar-refractivity contribution >= 4 is 23.2 Å². The van der Waals surface area contributed by atoms with Crippen LogP contribution in [0.3, 0.4) is 0 Å². The van der Waals surface area contributed by atoms with Crippen molar-refractivity contribution in [3.8, 4) is 0 Å². The SMILES string of the molecule is CCOC(=O)CCN(CCCN1CCOCC1)C(=O)Cc1cccs1. The van der Waals surface area contributed by atoms with Crippen LogP contribution >= 0.6 is 11.3 Å². The van der Waals surface area contributed by atoms with Gasteiger partial charge in [0.2, 0.25) is 5.91 Å². The van der Waals surface area contributed by atoms with Crippen molar-refractivity contribution < 1.29 is 19.1 Å². The second-order valence-electron chi connectivity index (χ2n) is 6.00. The summed E-state index contributed by atoms with van der Waals surface area (Å²) in [4.78, 5) is 29.5. The highest BCUT2D eigenvalue weighted by Crippen LogP contribution is 2.11. The Hall–Kier alpha value is -1.44. The van der Waals surface area contributed by atoms with E-state index in [0.717, 1.165) is 44.1 Å². The van der Waals surface area contributed by atoms with E-state index < -0.39 is 0 Å². The third-order valence-electron chi connectivity index (χ3n) is 4.16. The molecular weight excluding hydrogens is 340 g/mol. The molecule has 1 amide bonds. The van der Waals surface area contributed by atoms with Gasteiger partial charge in [-0.1, -0.05) is 6.07 Å². The summed E-state index contributed by atoms with van der Waals surface area (Å²) in [5.41, 5.74) is 0. The van der Waals surface area contributed by atoms with E-state index >= 15 is 0 Å². The lowest BCUT2D eigenvalue weighted by Crippen LogP contribution is -2.40. The van der Waals surface area contributed by atoms with Gasteiger partial charge in [0.1, 0.15) is 0 Å². The zero-order chi connectivity index (χ0) is 17.9. The van der Waals surface area contributed by atoms with Gasteiger partial charge in [-0.3, -0.25) is 14.5 Å². The van der Waals surface area contributed by atoms with E-state index in [9.17, 15) is 9.59 Å². The number of hydrogen-bond acceptors (Lipinski definition) is 6. The van der Waals surface area contributed by atoms with Crippen LogP contribution in [-0.2, 0) is 25.5 Å².